The average Bonchev–Trinajstić information content (AvgIpc) is 2.57. The molecule has 1 heterocycles. The summed E-state index contributed by atoms with van der Waals surface area (Å²) in [4.78, 5) is 21.6. The second-order valence-corrected chi connectivity index (χ2v) is 3.67. The SMILES string of the molecule is Cc1cc2c(cc1CNC(=O)O)COC2=O. The van der Waals surface area contributed by atoms with Gasteiger partial charge < -0.3 is 15.2 Å². The Morgan fingerprint density at radius 1 is 1.56 bits per heavy atom. The van der Waals surface area contributed by atoms with Crippen molar-refractivity contribution in [1.29, 1.82) is 0 Å². The molecule has 84 valence electrons. The van der Waals surface area contributed by atoms with Crippen LogP contribution < -0.4 is 5.32 Å². The topological polar surface area (TPSA) is 75.6 Å². The van der Waals surface area contributed by atoms with Gasteiger partial charge in [0, 0.05) is 12.1 Å². The van der Waals surface area contributed by atoms with Crippen molar-refractivity contribution in [2.75, 3.05) is 0 Å². The van der Waals surface area contributed by atoms with Crippen LogP contribution in [-0.4, -0.2) is 17.2 Å². The number of ether oxygens (including phenoxy) is 1. The number of carbonyl (C=O) groups is 2. The van der Waals surface area contributed by atoms with Crippen LogP contribution in [0, 0.1) is 6.92 Å². The van der Waals surface area contributed by atoms with Gasteiger partial charge in [0.15, 0.2) is 0 Å². The quantitative estimate of drug-likeness (QED) is 0.741. The Bertz CT molecular complexity index is 467. The van der Waals surface area contributed by atoms with Crippen molar-refractivity contribution < 1.29 is 19.4 Å². The van der Waals surface area contributed by atoms with Crippen LogP contribution in [0.5, 0.6) is 0 Å². The molecule has 0 saturated heterocycles. The normalized spacial score (nSPS) is 13.2. The number of rotatable bonds is 2. The molecule has 2 N–H and O–H groups in total. The number of carboxylic acid groups (broad SMARTS) is 1. The molecule has 1 aliphatic heterocycles. The number of aryl methyl sites for hydroxylation is 1. The van der Waals surface area contributed by atoms with Crippen LogP contribution in [0.3, 0.4) is 0 Å². The van der Waals surface area contributed by atoms with Gasteiger partial charge in [-0.3, -0.25) is 0 Å². The third-order valence-electron chi connectivity index (χ3n) is 2.57. The van der Waals surface area contributed by atoms with Crippen molar-refractivity contribution in [3.63, 3.8) is 0 Å². The van der Waals surface area contributed by atoms with Crippen LogP contribution in [0.15, 0.2) is 12.1 Å². The summed E-state index contributed by atoms with van der Waals surface area (Å²) in [5.74, 6) is -0.309. The Balaban J connectivity index is 2.28. The molecule has 0 aliphatic carbocycles. The van der Waals surface area contributed by atoms with E-state index in [1.54, 1.807) is 6.07 Å². The summed E-state index contributed by atoms with van der Waals surface area (Å²) in [7, 11) is 0. The number of fused-ring (bicyclic) bond motifs is 1. The van der Waals surface area contributed by atoms with Gasteiger partial charge in [0.2, 0.25) is 0 Å². The van der Waals surface area contributed by atoms with E-state index in [4.69, 9.17) is 9.84 Å². The highest BCUT2D eigenvalue weighted by atomic mass is 16.5. The molecule has 1 amide bonds. The van der Waals surface area contributed by atoms with Crippen molar-refractivity contribution in [1.82, 2.24) is 5.32 Å². The Hall–Kier alpha value is -2.04. The number of benzene rings is 1. The molecule has 5 nitrogen and oxygen atoms in total. The maximum Gasteiger partial charge on any atom is 0.404 e. The van der Waals surface area contributed by atoms with Gasteiger partial charge in [-0.15, -0.1) is 0 Å². The molecule has 0 atom stereocenters. The largest absolute Gasteiger partial charge is 0.465 e. The first-order valence-electron chi connectivity index (χ1n) is 4.84. The molecule has 0 saturated carbocycles. The summed E-state index contributed by atoms with van der Waals surface area (Å²) < 4.78 is 4.88. The van der Waals surface area contributed by atoms with Crippen molar-refractivity contribution >= 4 is 12.1 Å². The van der Waals surface area contributed by atoms with Crippen LogP contribution >= 0.6 is 0 Å². The number of amides is 1. The Morgan fingerprint density at radius 3 is 3.00 bits per heavy atom. The van der Waals surface area contributed by atoms with E-state index in [-0.39, 0.29) is 19.1 Å². The summed E-state index contributed by atoms with van der Waals surface area (Å²) in [6.45, 7) is 2.35. The molecule has 0 bridgehead atoms. The first kappa shape index (κ1) is 10.5. The van der Waals surface area contributed by atoms with Crippen LogP contribution in [-0.2, 0) is 17.9 Å². The fourth-order valence-corrected chi connectivity index (χ4v) is 1.70. The number of cyclic esters (lactones) is 1. The molecule has 0 fully saturated rings. The number of carbonyl (C=O) groups excluding carboxylic acids is 1. The van der Waals surface area contributed by atoms with E-state index < -0.39 is 6.09 Å². The predicted octanol–water partition coefficient (Wildman–Crippen LogP) is 1.43. The lowest BCUT2D eigenvalue weighted by Gasteiger charge is -2.07. The van der Waals surface area contributed by atoms with E-state index in [9.17, 15) is 9.59 Å². The molecule has 0 radical (unpaired) electrons. The first-order valence-corrected chi connectivity index (χ1v) is 4.84. The zero-order valence-corrected chi connectivity index (χ0v) is 8.74. The van der Waals surface area contributed by atoms with Crippen LogP contribution in [0.2, 0.25) is 0 Å². The van der Waals surface area contributed by atoms with E-state index in [0.717, 1.165) is 16.7 Å². The molecule has 5 heteroatoms. The summed E-state index contributed by atoms with van der Waals surface area (Å²) in [6.07, 6.45) is -1.06. The van der Waals surface area contributed by atoms with Crippen molar-refractivity contribution in [3.05, 3.63) is 34.4 Å². The van der Waals surface area contributed by atoms with Gasteiger partial charge in [-0.2, -0.15) is 0 Å². The minimum absolute atomic E-state index is 0.239. The Labute approximate surface area is 92.0 Å². The van der Waals surface area contributed by atoms with E-state index in [0.29, 0.717) is 5.56 Å². The van der Waals surface area contributed by atoms with Gasteiger partial charge in [-0.05, 0) is 30.2 Å². The standard InChI is InChI=1S/C11H11NO4/c1-6-2-9-8(5-16-10(9)13)3-7(6)4-12-11(14)15/h2-3,12H,4-5H2,1H3,(H,14,15). The molecule has 1 aromatic rings. The van der Waals surface area contributed by atoms with Gasteiger partial charge >= 0.3 is 12.1 Å². The molecule has 16 heavy (non-hydrogen) atoms. The minimum atomic E-state index is -1.06. The molecule has 2 rings (SSSR count). The van der Waals surface area contributed by atoms with Gasteiger partial charge in [0.1, 0.15) is 6.61 Å². The highest BCUT2D eigenvalue weighted by molar-refractivity contribution is 5.93. The molecule has 0 unspecified atom stereocenters. The Kier molecular flexibility index (Phi) is 2.52. The summed E-state index contributed by atoms with van der Waals surface area (Å²) in [6, 6.07) is 3.55. The predicted molar refractivity (Wildman–Crippen MR) is 55.2 cm³/mol. The van der Waals surface area contributed by atoms with Crippen LogP contribution in [0.4, 0.5) is 4.79 Å². The van der Waals surface area contributed by atoms with E-state index >= 15 is 0 Å². The summed E-state index contributed by atoms with van der Waals surface area (Å²) in [5, 5.41) is 10.8. The molecule has 0 aromatic heterocycles. The first-order chi connectivity index (χ1) is 7.58. The Morgan fingerprint density at radius 2 is 2.31 bits per heavy atom. The lowest BCUT2D eigenvalue weighted by Crippen LogP contribution is -2.20. The van der Waals surface area contributed by atoms with Gasteiger partial charge in [-0.1, -0.05) is 0 Å². The number of hydrogen-bond donors (Lipinski definition) is 2. The molecule has 1 aliphatic rings. The van der Waals surface area contributed by atoms with Gasteiger partial charge in [-0.25, -0.2) is 9.59 Å². The minimum Gasteiger partial charge on any atom is -0.465 e. The monoisotopic (exact) mass is 221 g/mol. The summed E-state index contributed by atoms with van der Waals surface area (Å²) >= 11 is 0. The molecule has 1 aromatic carbocycles. The zero-order chi connectivity index (χ0) is 11.7. The second-order valence-electron chi connectivity index (χ2n) is 3.67. The average molecular weight is 221 g/mol. The van der Waals surface area contributed by atoms with Gasteiger partial charge in [0.25, 0.3) is 0 Å². The maximum absolute atomic E-state index is 11.3. The fraction of sp³-hybridized carbons (Fsp3) is 0.273. The van der Waals surface area contributed by atoms with Crippen molar-refractivity contribution in [3.8, 4) is 0 Å². The van der Waals surface area contributed by atoms with Crippen LogP contribution in [0.1, 0.15) is 27.0 Å². The van der Waals surface area contributed by atoms with E-state index in [1.807, 2.05) is 13.0 Å². The van der Waals surface area contributed by atoms with E-state index in [2.05, 4.69) is 5.32 Å². The highest BCUT2D eigenvalue weighted by Crippen LogP contribution is 2.23. The molecular weight excluding hydrogens is 210 g/mol. The smallest absolute Gasteiger partial charge is 0.404 e. The highest BCUT2D eigenvalue weighted by Gasteiger charge is 2.22. The zero-order valence-electron chi connectivity index (χ0n) is 8.74. The van der Waals surface area contributed by atoms with Crippen molar-refractivity contribution in [2.24, 2.45) is 0 Å². The van der Waals surface area contributed by atoms with Gasteiger partial charge in [0.05, 0.1) is 5.56 Å². The third-order valence-corrected chi connectivity index (χ3v) is 2.57. The lowest BCUT2D eigenvalue weighted by atomic mass is 10.0. The molecule has 0 spiro atoms. The molecular formula is C11H11NO4. The maximum atomic E-state index is 11.3. The number of esters is 1. The lowest BCUT2D eigenvalue weighted by molar-refractivity contribution is 0.0535. The van der Waals surface area contributed by atoms with Crippen LogP contribution in [0.25, 0.3) is 0 Å². The van der Waals surface area contributed by atoms with Crippen molar-refractivity contribution in [2.45, 2.75) is 20.1 Å². The second kappa shape index (κ2) is 3.84. The summed E-state index contributed by atoms with van der Waals surface area (Å²) in [5.41, 5.74) is 3.14. The third kappa shape index (κ3) is 1.84. The number of hydrogen-bond acceptors (Lipinski definition) is 3. The number of nitrogens with one attached hydrogen (secondary N) is 1. The fourth-order valence-electron chi connectivity index (χ4n) is 1.70. The van der Waals surface area contributed by atoms with E-state index in [1.165, 1.54) is 0 Å².